The van der Waals surface area contributed by atoms with Crippen molar-refractivity contribution >= 4 is 0 Å². The van der Waals surface area contributed by atoms with E-state index in [1.54, 1.807) is 12.1 Å². The maximum Gasteiger partial charge on any atom is 0.225 e. The highest BCUT2D eigenvalue weighted by molar-refractivity contribution is 5.33. The van der Waals surface area contributed by atoms with Crippen molar-refractivity contribution in [1.29, 1.82) is 0 Å². The number of aliphatic hydroxyl groups is 1. The zero-order valence-electron chi connectivity index (χ0n) is 11.4. The molecule has 0 aliphatic rings. The fourth-order valence-electron chi connectivity index (χ4n) is 1.61. The first kappa shape index (κ1) is 14.7. The summed E-state index contributed by atoms with van der Waals surface area (Å²) in [4.78, 5) is 12.1. The molecule has 0 radical (unpaired) electrons. The maximum atomic E-state index is 12.1. The highest BCUT2D eigenvalue weighted by Crippen LogP contribution is 2.17. The molecule has 0 spiro atoms. The standard InChI is InChI=1S/C15H22O3/c1-4-5-8-18-14-9-12(11(2)3)6-7-13(10-16)15(14)17/h6-7,9,11,16H,4-5,8,10H2,1-3H3. The van der Waals surface area contributed by atoms with E-state index in [0.717, 1.165) is 18.4 Å². The summed E-state index contributed by atoms with van der Waals surface area (Å²) in [5, 5.41) is 9.20. The molecule has 100 valence electrons. The molecule has 0 unspecified atom stereocenters. The van der Waals surface area contributed by atoms with Crippen molar-refractivity contribution in [3.05, 3.63) is 39.5 Å². The van der Waals surface area contributed by atoms with Crippen LogP contribution in [0.15, 0.2) is 23.0 Å². The van der Waals surface area contributed by atoms with E-state index in [4.69, 9.17) is 4.74 Å². The van der Waals surface area contributed by atoms with E-state index in [0.29, 0.717) is 23.8 Å². The molecule has 0 atom stereocenters. The van der Waals surface area contributed by atoms with Gasteiger partial charge in [0.15, 0.2) is 5.75 Å². The Morgan fingerprint density at radius 3 is 2.61 bits per heavy atom. The second-order valence-electron chi connectivity index (χ2n) is 4.71. The molecular weight excluding hydrogens is 228 g/mol. The van der Waals surface area contributed by atoms with E-state index in [1.807, 2.05) is 6.07 Å². The van der Waals surface area contributed by atoms with E-state index in [2.05, 4.69) is 20.8 Å². The van der Waals surface area contributed by atoms with Crippen LogP contribution in [0.1, 0.15) is 50.7 Å². The molecule has 3 nitrogen and oxygen atoms in total. The van der Waals surface area contributed by atoms with Gasteiger partial charge in [0, 0.05) is 5.56 Å². The van der Waals surface area contributed by atoms with Gasteiger partial charge in [0.05, 0.1) is 13.2 Å². The van der Waals surface area contributed by atoms with Crippen molar-refractivity contribution in [2.45, 2.75) is 46.1 Å². The molecule has 3 heteroatoms. The Labute approximate surface area is 108 Å². The average molecular weight is 250 g/mol. The Hall–Kier alpha value is -1.35. The largest absolute Gasteiger partial charge is 0.489 e. The number of unbranched alkanes of at least 4 members (excludes halogenated alkanes) is 1. The predicted molar refractivity (Wildman–Crippen MR) is 73.1 cm³/mol. The molecular formula is C15H22O3. The summed E-state index contributed by atoms with van der Waals surface area (Å²) < 4.78 is 5.55. The first-order chi connectivity index (χ1) is 8.60. The average Bonchev–Trinajstić information content (AvgIpc) is 2.50. The smallest absolute Gasteiger partial charge is 0.225 e. The van der Waals surface area contributed by atoms with Gasteiger partial charge in [-0.05, 0) is 24.0 Å². The zero-order valence-corrected chi connectivity index (χ0v) is 11.4. The van der Waals surface area contributed by atoms with Gasteiger partial charge in [-0.25, -0.2) is 0 Å². The van der Waals surface area contributed by atoms with Crippen molar-refractivity contribution < 1.29 is 9.84 Å². The minimum Gasteiger partial charge on any atom is -0.489 e. The molecule has 18 heavy (non-hydrogen) atoms. The lowest BCUT2D eigenvalue weighted by Gasteiger charge is -2.05. The van der Waals surface area contributed by atoms with Gasteiger partial charge < -0.3 is 9.84 Å². The number of hydrogen-bond acceptors (Lipinski definition) is 3. The van der Waals surface area contributed by atoms with E-state index >= 15 is 0 Å². The lowest BCUT2D eigenvalue weighted by Crippen LogP contribution is -2.11. The fraction of sp³-hybridized carbons (Fsp3) is 0.533. The molecule has 1 aromatic carbocycles. The third-order valence-corrected chi connectivity index (χ3v) is 2.88. The SMILES string of the molecule is CCCCOc1cc(C(C)C)ccc(CO)c1=O. The van der Waals surface area contributed by atoms with E-state index in [-0.39, 0.29) is 12.0 Å². The molecule has 0 aromatic heterocycles. The predicted octanol–water partition coefficient (Wildman–Crippen LogP) is 2.84. The van der Waals surface area contributed by atoms with Crippen LogP contribution in [0, 0.1) is 0 Å². The van der Waals surface area contributed by atoms with Gasteiger partial charge in [-0.1, -0.05) is 39.3 Å². The zero-order chi connectivity index (χ0) is 13.5. The Bertz CT molecular complexity index is 438. The van der Waals surface area contributed by atoms with Crippen LogP contribution >= 0.6 is 0 Å². The first-order valence-corrected chi connectivity index (χ1v) is 6.51. The molecule has 1 rings (SSSR count). The van der Waals surface area contributed by atoms with Crippen molar-refractivity contribution in [1.82, 2.24) is 0 Å². The molecule has 0 fully saturated rings. The van der Waals surface area contributed by atoms with E-state index in [9.17, 15) is 9.90 Å². The van der Waals surface area contributed by atoms with E-state index in [1.165, 1.54) is 0 Å². The summed E-state index contributed by atoms with van der Waals surface area (Å²) in [6, 6.07) is 5.36. The van der Waals surface area contributed by atoms with Crippen LogP contribution in [0.4, 0.5) is 0 Å². The molecule has 0 saturated heterocycles. The summed E-state index contributed by atoms with van der Waals surface area (Å²) in [5.41, 5.74) is 1.22. The number of ether oxygens (including phenoxy) is 1. The summed E-state index contributed by atoms with van der Waals surface area (Å²) >= 11 is 0. The Morgan fingerprint density at radius 1 is 1.33 bits per heavy atom. The van der Waals surface area contributed by atoms with E-state index < -0.39 is 0 Å². The first-order valence-electron chi connectivity index (χ1n) is 6.51. The van der Waals surface area contributed by atoms with Crippen molar-refractivity contribution in [2.75, 3.05) is 6.61 Å². The minimum atomic E-state index is -0.255. The molecule has 0 bridgehead atoms. The summed E-state index contributed by atoms with van der Waals surface area (Å²) in [6.45, 7) is 6.49. The normalized spacial score (nSPS) is 10.7. The number of aliphatic hydroxyl groups excluding tert-OH is 1. The molecule has 1 N–H and O–H groups in total. The molecule has 0 amide bonds. The third-order valence-electron chi connectivity index (χ3n) is 2.88. The van der Waals surface area contributed by atoms with Crippen LogP contribution in [-0.2, 0) is 6.61 Å². The van der Waals surface area contributed by atoms with Crippen LogP contribution in [0.5, 0.6) is 5.75 Å². The Morgan fingerprint density at radius 2 is 2.06 bits per heavy atom. The van der Waals surface area contributed by atoms with Gasteiger partial charge in [0.25, 0.3) is 0 Å². The highest BCUT2D eigenvalue weighted by atomic mass is 16.5. The molecule has 0 heterocycles. The van der Waals surface area contributed by atoms with Crippen LogP contribution in [0.25, 0.3) is 0 Å². The molecule has 0 aliphatic carbocycles. The topological polar surface area (TPSA) is 46.5 Å². The fourth-order valence-corrected chi connectivity index (χ4v) is 1.61. The summed E-state index contributed by atoms with van der Waals surface area (Å²) in [5.74, 6) is 0.665. The van der Waals surface area contributed by atoms with Gasteiger partial charge in [-0.15, -0.1) is 0 Å². The second kappa shape index (κ2) is 7.17. The van der Waals surface area contributed by atoms with Crippen molar-refractivity contribution in [3.8, 4) is 5.75 Å². The minimum absolute atomic E-state index is 0.208. The molecule has 0 aliphatic heterocycles. The van der Waals surface area contributed by atoms with Crippen LogP contribution in [0.3, 0.4) is 0 Å². The number of rotatable bonds is 6. The van der Waals surface area contributed by atoms with Crippen LogP contribution in [-0.4, -0.2) is 11.7 Å². The van der Waals surface area contributed by atoms with Gasteiger partial charge >= 0.3 is 0 Å². The van der Waals surface area contributed by atoms with Gasteiger partial charge in [-0.3, -0.25) is 4.79 Å². The summed E-state index contributed by atoms with van der Waals surface area (Å²) in [6.07, 6.45) is 1.95. The van der Waals surface area contributed by atoms with Crippen molar-refractivity contribution in [3.63, 3.8) is 0 Å². The van der Waals surface area contributed by atoms with Gasteiger partial charge in [0.1, 0.15) is 0 Å². The van der Waals surface area contributed by atoms with Gasteiger partial charge in [-0.2, -0.15) is 0 Å². The quantitative estimate of drug-likeness (QED) is 0.790. The van der Waals surface area contributed by atoms with Gasteiger partial charge in [0.2, 0.25) is 5.43 Å². The molecule has 1 aromatic rings. The second-order valence-corrected chi connectivity index (χ2v) is 4.71. The van der Waals surface area contributed by atoms with Crippen LogP contribution < -0.4 is 10.2 Å². The Kier molecular flexibility index (Phi) is 5.86. The maximum absolute atomic E-state index is 12.1. The third kappa shape index (κ3) is 3.84. The summed E-state index contributed by atoms with van der Waals surface area (Å²) in [7, 11) is 0. The lowest BCUT2D eigenvalue weighted by molar-refractivity contribution is 0.277. The monoisotopic (exact) mass is 250 g/mol. The lowest BCUT2D eigenvalue weighted by atomic mass is 10.1. The Balaban J connectivity index is 3.15. The van der Waals surface area contributed by atoms with Crippen molar-refractivity contribution in [2.24, 2.45) is 0 Å². The highest BCUT2D eigenvalue weighted by Gasteiger charge is 2.08. The molecule has 0 saturated carbocycles. The number of hydrogen-bond donors (Lipinski definition) is 1. The van der Waals surface area contributed by atoms with Crippen LogP contribution in [0.2, 0.25) is 0 Å².